The van der Waals surface area contributed by atoms with Gasteiger partial charge in [-0.05, 0) is 13.8 Å². The molecule has 0 aliphatic carbocycles. The summed E-state index contributed by atoms with van der Waals surface area (Å²) in [6.07, 6.45) is 1.22. The van der Waals surface area contributed by atoms with E-state index in [2.05, 4.69) is 15.0 Å². The Labute approximate surface area is 108 Å². The Morgan fingerprint density at radius 2 is 2.17 bits per heavy atom. The number of anilines is 1. The number of nitriles is 1. The summed E-state index contributed by atoms with van der Waals surface area (Å²) in [4.78, 5) is 12.6. The van der Waals surface area contributed by atoms with Gasteiger partial charge in [0.1, 0.15) is 18.2 Å². The van der Waals surface area contributed by atoms with Gasteiger partial charge < -0.3 is 5.73 Å². The second-order valence-corrected chi connectivity index (χ2v) is 4.82. The number of nitrogens with zero attached hydrogens (tertiary/aromatic N) is 4. The monoisotopic (exact) mass is 258 g/mol. The van der Waals surface area contributed by atoms with Gasteiger partial charge in [-0.15, -0.1) is 11.3 Å². The van der Waals surface area contributed by atoms with Crippen LogP contribution in [-0.2, 0) is 0 Å². The Balaban J connectivity index is 2.60. The van der Waals surface area contributed by atoms with Crippen LogP contribution in [0.5, 0.6) is 0 Å². The Kier molecular flexibility index (Phi) is 3.04. The molecule has 90 valence electrons. The first-order valence-electron chi connectivity index (χ1n) is 5.08. The molecule has 2 rings (SSSR count). The molecule has 0 saturated carbocycles. The lowest BCUT2D eigenvalue weighted by Crippen LogP contribution is -2.11. The molecule has 0 aliphatic rings. The van der Waals surface area contributed by atoms with E-state index in [9.17, 15) is 0 Å². The van der Waals surface area contributed by atoms with Gasteiger partial charge in [0.05, 0.1) is 26.9 Å². The van der Waals surface area contributed by atoms with Gasteiger partial charge in [0, 0.05) is 0 Å². The van der Waals surface area contributed by atoms with Gasteiger partial charge in [0.2, 0.25) is 0 Å². The highest BCUT2D eigenvalue weighted by Crippen LogP contribution is 2.24. The molecule has 0 bridgehead atoms. The average molecular weight is 258 g/mol. The first-order chi connectivity index (χ1) is 8.54. The van der Waals surface area contributed by atoms with E-state index in [1.165, 1.54) is 17.7 Å². The van der Waals surface area contributed by atoms with Crippen LogP contribution in [0.15, 0.2) is 6.33 Å². The highest BCUT2D eigenvalue weighted by molar-refractivity contribution is 7.14. The van der Waals surface area contributed by atoms with Crippen LogP contribution in [0.2, 0.25) is 0 Å². The summed E-state index contributed by atoms with van der Waals surface area (Å²) in [5.41, 5.74) is 7.00. The number of rotatable bonds is 2. The van der Waals surface area contributed by atoms with Gasteiger partial charge in [0.15, 0.2) is 5.69 Å². The van der Waals surface area contributed by atoms with E-state index in [0.717, 1.165) is 10.7 Å². The molecule has 0 saturated heterocycles. The third kappa shape index (κ3) is 1.94. The normalized spacial score (nSPS) is 10.1. The zero-order valence-corrected chi connectivity index (χ0v) is 10.7. The molecule has 3 N–H and O–H groups in total. The zero-order chi connectivity index (χ0) is 13.3. The quantitative estimate of drug-likeness (QED) is 0.791. The summed E-state index contributed by atoms with van der Waals surface area (Å²) in [5, 5.41) is 18.0. The van der Waals surface area contributed by atoms with Crippen LogP contribution in [0.4, 0.5) is 5.82 Å². The molecule has 18 heavy (non-hydrogen) atoms. The van der Waals surface area contributed by atoms with Crippen molar-refractivity contribution in [3.05, 3.63) is 33.2 Å². The molecule has 0 unspecified atom stereocenters. The van der Waals surface area contributed by atoms with Crippen LogP contribution >= 0.6 is 11.3 Å². The van der Waals surface area contributed by atoms with Crippen molar-refractivity contribution in [2.45, 2.75) is 13.8 Å². The minimum atomic E-state index is 0.109. The summed E-state index contributed by atoms with van der Waals surface area (Å²) in [7, 11) is 0. The predicted octanol–water partition coefficient (Wildman–Crippen LogP) is 1.42. The molecule has 2 heterocycles. The predicted molar refractivity (Wildman–Crippen MR) is 68.7 cm³/mol. The molecule has 0 radical (unpaired) electrons. The highest BCUT2D eigenvalue weighted by atomic mass is 32.1. The Morgan fingerprint density at radius 1 is 1.44 bits per heavy atom. The van der Waals surface area contributed by atoms with Crippen LogP contribution in [0, 0.1) is 30.6 Å². The van der Waals surface area contributed by atoms with Crippen LogP contribution in [0.1, 0.15) is 26.8 Å². The number of nitrogen functional groups attached to an aromatic ring is 1. The van der Waals surface area contributed by atoms with E-state index < -0.39 is 0 Å². The summed E-state index contributed by atoms with van der Waals surface area (Å²) in [6.45, 7) is 3.68. The number of hydrogen-bond donors (Lipinski definition) is 2. The van der Waals surface area contributed by atoms with Gasteiger partial charge in [0.25, 0.3) is 0 Å². The smallest absolute Gasteiger partial charge is 0.155 e. The highest BCUT2D eigenvalue weighted by Gasteiger charge is 2.19. The molecule has 0 fully saturated rings. The Hall–Kier alpha value is -2.33. The number of aryl methyl sites for hydroxylation is 2. The lowest BCUT2D eigenvalue weighted by atomic mass is 10.1. The van der Waals surface area contributed by atoms with Crippen LogP contribution in [-0.4, -0.2) is 20.7 Å². The number of hydrogen-bond acceptors (Lipinski definition) is 7. The maximum absolute atomic E-state index is 9.01. The largest absolute Gasteiger partial charge is 0.383 e. The number of aromatic nitrogens is 3. The fourth-order valence-corrected chi connectivity index (χ4v) is 2.48. The fraction of sp³-hybridized carbons (Fsp3) is 0.182. The SMILES string of the molecule is Cc1nc(C)c(C(=N)c2c(N)ncnc2C#N)s1. The third-order valence-corrected chi connectivity index (χ3v) is 3.45. The molecule has 0 aliphatic heterocycles. The van der Waals surface area contributed by atoms with Crippen molar-refractivity contribution in [2.75, 3.05) is 5.73 Å². The van der Waals surface area contributed by atoms with Crippen molar-refractivity contribution in [1.82, 2.24) is 15.0 Å². The van der Waals surface area contributed by atoms with E-state index in [0.29, 0.717) is 4.88 Å². The fourth-order valence-electron chi connectivity index (χ4n) is 1.61. The first kappa shape index (κ1) is 12.1. The van der Waals surface area contributed by atoms with Gasteiger partial charge >= 0.3 is 0 Å². The summed E-state index contributed by atoms with van der Waals surface area (Å²) >= 11 is 1.39. The average Bonchev–Trinajstić information content (AvgIpc) is 2.67. The maximum Gasteiger partial charge on any atom is 0.155 e. The van der Waals surface area contributed by atoms with E-state index >= 15 is 0 Å². The lowest BCUT2D eigenvalue weighted by Gasteiger charge is -2.06. The second-order valence-electron chi connectivity index (χ2n) is 3.62. The Morgan fingerprint density at radius 3 is 2.72 bits per heavy atom. The van der Waals surface area contributed by atoms with Gasteiger partial charge in [-0.25, -0.2) is 15.0 Å². The summed E-state index contributed by atoms with van der Waals surface area (Å²) in [6, 6.07) is 1.93. The van der Waals surface area contributed by atoms with Crippen LogP contribution < -0.4 is 5.73 Å². The van der Waals surface area contributed by atoms with E-state index in [4.69, 9.17) is 16.4 Å². The topological polar surface area (TPSA) is 112 Å². The summed E-state index contributed by atoms with van der Waals surface area (Å²) in [5.74, 6) is 0.136. The van der Waals surface area contributed by atoms with Gasteiger partial charge in [-0.3, -0.25) is 5.41 Å². The van der Waals surface area contributed by atoms with Crippen LogP contribution in [0.25, 0.3) is 0 Å². The molecule has 7 heteroatoms. The summed E-state index contributed by atoms with van der Waals surface area (Å²) < 4.78 is 0. The standard InChI is InChI=1S/C11H10N6S/c1-5-10(18-6(2)17-5)9(13)8-7(3-12)15-4-16-11(8)14/h4,13H,1-2H3,(H2,14,15,16). The first-order valence-corrected chi connectivity index (χ1v) is 5.90. The second kappa shape index (κ2) is 4.50. The molecule has 2 aromatic rings. The van der Waals surface area contributed by atoms with Gasteiger partial charge in [-0.2, -0.15) is 5.26 Å². The Bertz CT molecular complexity index is 667. The minimum absolute atomic E-state index is 0.109. The van der Waals surface area contributed by atoms with Crippen molar-refractivity contribution >= 4 is 22.9 Å². The lowest BCUT2D eigenvalue weighted by molar-refractivity contribution is 1.13. The molecule has 6 nitrogen and oxygen atoms in total. The molecular weight excluding hydrogens is 248 g/mol. The maximum atomic E-state index is 9.01. The van der Waals surface area contributed by atoms with E-state index in [-0.39, 0.29) is 22.8 Å². The number of thiazole rings is 1. The number of nitrogens with two attached hydrogens (primary N) is 1. The molecule has 0 atom stereocenters. The van der Waals surface area contributed by atoms with Crippen molar-refractivity contribution in [2.24, 2.45) is 0 Å². The molecule has 0 amide bonds. The van der Waals surface area contributed by atoms with Crippen molar-refractivity contribution in [3.8, 4) is 6.07 Å². The van der Waals surface area contributed by atoms with E-state index in [1.807, 2.05) is 19.9 Å². The molecular formula is C11H10N6S. The van der Waals surface area contributed by atoms with Crippen molar-refractivity contribution < 1.29 is 0 Å². The minimum Gasteiger partial charge on any atom is -0.383 e. The molecule has 2 aromatic heterocycles. The third-order valence-electron chi connectivity index (χ3n) is 2.36. The zero-order valence-electron chi connectivity index (χ0n) is 9.85. The number of nitrogens with one attached hydrogen (secondary N) is 1. The molecule has 0 spiro atoms. The van der Waals surface area contributed by atoms with Crippen molar-refractivity contribution in [3.63, 3.8) is 0 Å². The van der Waals surface area contributed by atoms with Gasteiger partial charge in [-0.1, -0.05) is 0 Å². The molecule has 0 aromatic carbocycles. The van der Waals surface area contributed by atoms with E-state index in [1.54, 1.807) is 0 Å². The van der Waals surface area contributed by atoms with Crippen LogP contribution in [0.3, 0.4) is 0 Å². The van der Waals surface area contributed by atoms with Crippen molar-refractivity contribution in [1.29, 1.82) is 10.7 Å².